The molecule has 0 saturated heterocycles. The molecule has 0 spiro atoms. The molecule has 24 heavy (non-hydrogen) atoms. The molecule has 3 aromatic carbocycles. The van der Waals surface area contributed by atoms with E-state index in [9.17, 15) is 4.79 Å². The standard InChI is InChI=1S/C19H16N2O3/c1-24-18-11-8-13-4-2-3-5-16(13)17(18)12-20-21-15-9-6-14(7-10-15)19(22)23/h2-12,21H,1H3,(H,22,23). The minimum Gasteiger partial charge on any atom is -0.496 e. The quantitative estimate of drug-likeness (QED) is 0.551. The number of nitrogens with one attached hydrogen (secondary N) is 1. The van der Waals surface area contributed by atoms with Crippen LogP contribution in [-0.4, -0.2) is 24.4 Å². The van der Waals surface area contributed by atoms with Crippen molar-refractivity contribution < 1.29 is 14.6 Å². The molecule has 0 unspecified atom stereocenters. The summed E-state index contributed by atoms with van der Waals surface area (Å²) in [5, 5.41) is 15.3. The van der Waals surface area contributed by atoms with Gasteiger partial charge in [-0.15, -0.1) is 0 Å². The lowest BCUT2D eigenvalue weighted by molar-refractivity contribution is 0.0697. The Bertz CT molecular complexity index is 902. The number of anilines is 1. The largest absolute Gasteiger partial charge is 0.496 e. The summed E-state index contributed by atoms with van der Waals surface area (Å²) in [6, 6.07) is 18.3. The average Bonchev–Trinajstić information content (AvgIpc) is 2.62. The van der Waals surface area contributed by atoms with Crippen LogP contribution >= 0.6 is 0 Å². The molecular weight excluding hydrogens is 304 g/mol. The second-order valence-corrected chi connectivity index (χ2v) is 5.16. The topological polar surface area (TPSA) is 70.9 Å². The summed E-state index contributed by atoms with van der Waals surface area (Å²) in [6.07, 6.45) is 1.70. The zero-order valence-electron chi connectivity index (χ0n) is 13.1. The third-order valence-corrected chi connectivity index (χ3v) is 3.67. The first-order valence-corrected chi connectivity index (χ1v) is 7.37. The van der Waals surface area contributed by atoms with Gasteiger partial charge in [0, 0.05) is 5.56 Å². The van der Waals surface area contributed by atoms with Gasteiger partial charge in [0.1, 0.15) is 5.75 Å². The minimum absolute atomic E-state index is 0.236. The van der Waals surface area contributed by atoms with E-state index in [1.165, 1.54) is 12.1 Å². The van der Waals surface area contributed by atoms with Gasteiger partial charge in [-0.1, -0.05) is 30.3 Å². The molecule has 3 rings (SSSR count). The summed E-state index contributed by atoms with van der Waals surface area (Å²) >= 11 is 0. The fourth-order valence-corrected chi connectivity index (χ4v) is 2.45. The molecule has 0 aromatic heterocycles. The van der Waals surface area contributed by atoms with Gasteiger partial charge < -0.3 is 9.84 Å². The van der Waals surface area contributed by atoms with E-state index in [-0.39, 0.29) is 5.56 Å². The van der Waals surface area contributed by atoms with Crippen LogP contribution in [0.4, 0.5) is 5.69 Å². The van der Waals surface area contributed by atoms with Crippen LogP contribution in [0.5, 0.6) is 5.75 Å². The third-order valence-electron chi connectivity index (χ3n) is 3.67. The van der Waals surface area contributed by atoms with E-state index in [1.807, 2.05) is 36.4 Å². The van der Waals surface area contributed by atoms with Crippen LogP contribution in [0.2, 0.25) is 0 Å². The van der Waals surface area contributed by atoms with Gasteiger partial charge in [-0.3, -0.25) is 5.43 Å². The maximum atomic E-state index is 10.8. The maximum absolute atomic E-state index is 10.8. The Labute approximate surface area is 139 Å². The Hall–Kier alpha value is -3.34. The summed E-state index contributed by atoms with van der Waals surface area (Å²) in [4.78, 5) is 10.8. The van der Waals surface area contributed by atoms with Crippen LogP contribution in [0.3, 0.4) is 0 Å². The van der Waals surface area contributed by atoms with Gasteiger partial charge in [-0.25, -0.2) is 4.79 Å². The van der Waals surface area contributed by atoms with Crippen molar-refractivity contribution in [1.82, 2.24) is 0 Å². The molecule has 5 heteroatoms. The van der Waals surface area contributed by atoms with Crippen LogP contribution in [0.1, 0.15) is 15.9 Å². The number of hydrogen-bond acceptors (Lipinski definition) is 4. The molecule has 2 N–H and O–H groups in total. The van der Waals surface area contributed by atoms with E-state index in [0.717, 1.165) is 22.1 Å². The zero-order valence-corrected chi connectivity index (χ0v) is 13.1. The van der Waals surface area contributed by atoms with Crippen molar-refractivity contribution in [3.05, 3.63) is 71.8 Å². The summed E-state index contributed by atoms with van der Waals surface area (Å²) < 4.78 is 5.41. The van der Waals surface area contributed by atoms with Crippen molar-refractivity contribution in [3.63, 3.8) is 0 Å². The highest BCUT2D eigenvalue weighted by Gasteiger charge is 2.06. The number of fused-ring (bicyclic) bond motifs is 1. The molecule has 120 valence electrons. The molecule has 3 aromatic rings. The molecule has 0 atom stereocenters. The fourth-order valence-electron chi connectivity index (χ4n) is 2.45. The summed E-state index contributed by atoms with van der Waals surface area (Å²) in [5.41, 5.74) is 4.72. The van der Waals surface area contributed by atoms with Gasteiger partial charge in [0.15, 0.2) is 0 Å². The van der Waals surface area contributed by atoms with E-state index in [1.54, 1.807) is 25.5 Å². The number of carboxylic acid groups (broad SMARTS) is 1. The molecule has 0 radical (unpaired) electrons. The SMILES string of the molecule is COc1ccc2ccccc2c1C=NNc1ccc(C(=O)O)cc1. The zero-order chi connectivity index (χ0) is 16.9. The highest BCUT2D eigenvalue weighted by Crippen LogP contribution is 2.26. The van der Waals surface area contributed by atoms with Crippen LogP contribution in [0, 0.1) is 0 Å². The highest BCUT2D eigenvalue weighted by molar-refractivity contribution is 6.02. The lowest BCUT2D eigenvalue weighted by atomic mass is 10.0. The first-order valence-electron chi connectivity index (χ1n) is 7.37. The van der Waals surface area contributed by atoms with Crippen molar-refractivity contribution in [1.29, 1.82) is 0 Å². The molecule has 0 aliphatic carbocycles. The number of aromatic carboxylic acids is 1. The van der Waals surface area contributed by atoms with Crippen LogP contribution < -0.4 is 10.2 Å². The van der Waals surface area contributed by atoms with Gasteiger partial charge in [-0.2, -0.15) is 5.10 Å². The molecule has 0 saturated carbocycles. The maximum Gasteiger partial charge on any atom is 0.335 e. The van der Waals surface area contributed by atoms with Gasteiger partial charge in [0.05, 0.1) is 24.6 Å². The number of benzene rings is 3. The Balaban J connectivity index is 1.86. The Kier molecular flexibility index (Phi) is 4.43. The van der Waals surface area contributed by atoms with Crippen molar-refractivity contribution >= 4 is 28.6 Å². The first kappa shape index (κ1) is 15.6. The predicted molar refractivity (Wildman–Crippen MR) is 95.1 cm³/mol. The van der Waals surface area contributed by atoms with E-state index in [2.05, 4.69) is 10.5 Å². The van der Waals surface area contributed by atoms with Crippen molar-refractivity contribution in [2.24, 2.45) is 5.10 Å². The van der Waals surface area contributed by atoms with Crippen molar-refractivity contribution in [3.8, 4) is 5.75 Å². The second-order valence-electron chi connectivity index (χ2n) is 5.16. The third kappa shape index (κ3) is 3.20. The molecule has 0 heterocycles. The number of rotatable bonds is 5. The summed E-state index contributed by atoms with van der Waals surface area (Å²) in [7, 11) is 1.62. The second kappa shape index (κ2) is 6.83. The molecule has 0 aliphatic rings. The Morgan fingerprint density at radius 2 is 1.83 bits per heavy atom. The van der Waals surface area contributed by atoms with Gasteiger partial charge in [0.25, 0.3) is 0 Å². The molecule has 0 amide bonds. The van der Waals surface area contributed by atoms with E-state index >= 15 is 0 Å². The lowest BCUT2D eigenvalue weighted by Gasteiger charge is -2.08. The summed E-state index contributed by atoms with van der Waals surface area (Å²) in [5.74, 6) is -0.217. The van der Waals surface area contributed by atoms with Crippen molar-refractivity contribution in [2.75, 3.05) is 12.5 Å². The number of methoxy groups -OCH3 is 1. The normalized spacial score (nSPS) is 10.9. The first-order chi connectivity index (χ1) is 11.7. The summed E-state index contributed by atoms with van der Waals surface area (Å²) in [6.45, 7) is 0. The van der Waals surface area contributed by atoms with E-state index in [0.29, 0.717) is 5.69 Å². The molecule has 5 nitrogen and oxygen atoms in total. The molecular formula is C19H16N2O3. The van der Waals surface area contributed by atoms with Crippen LogP contribution in [0.25, 0.3) is 10.8 Å². The van der Waals surface area contributed by atoms with Crippen LogP contribution in [0.15, 0.2) is 65.8 Å². The number of nitrogens with zero attached hydrogens (tertiary/aromatic N) is 1. The number of carbonyl (C=O) groups is 1. The van der Waals surface area contributed by atoms with Gasteiger partial charge in [-0.05, 0) is 41.1 Å². The molecule has 0 fully saturated rings. The van der Waals surface area contributed by atoms with E-state index < -0.39 is 5.97 Å². The Morgan fingerprint density at radius 3 is 2.54 bits per heavy atom. The smallest absolute Gasteiger partial charge is 0.335 e. The fraction of sp³-hybridized carbons (Fsp3) is 0.0526. The van der Waals surface area contributed by atoms with Crippen molar-refractivity contribution in [2.45, 2.75) is 0 Å². The molecule has 0 bridgehead atoms. The monoisotopic (exact) mass is 320 g/mol. The number of ether oxygens (including phenoxy) is 1. The van der Waals surface area contributed by atoms with Crippen LogP contribution in [-0.2, 0) is 0 Å². The average molecular weight is 320 g/mol. The predicted octanol–water partition coefficient (Wildman–Crippen LogP) is 3.99. The lowest BCUT2D eigenvalue weighted by Crippen LogP contribution is -1.97. The number of carboxylic acids is 1. The number of hydrazone groups is 1. The van der Waals surface area contributed by atoms with Gasteiger partial charge >= 0.3 is 5.97 Å². The Morgan fingerprint density at radius 1 is 1.08 bits per heavy atom. The highest BCUT2D eigenvalue weighted by atomic mass is 16.5. The van der Waals surface area contributed by atoms with Gasteiger partial charge in [0.2, 0.25) is 0 Å². The van der Waals surface area contributed by atoms with E-state index in [4.69, 9.17) is 9.84 Å². The minimum atomic E-state index is -0.953. The molecule has 0 aliphatic heterocycles. The number of hydrogen-bond donors (Lipinski definition) is 2.